The van der Waals surface area contributed by atoms with Crippen molar-refractivity contribution in [2.24, 2.45) is 0 Å². The third-order valence-corrected chi connectivity index (χ3v) is 3.22. The lowest BCUT2D eigenvalue weighted by Crippen LogP contribution is -1.88. The third kappa shape index (κ3) is 1.51. The van der Waals surface area contributed by atoms with Crippen molar-refractivity contribution in [2.45, 2.75) is 0 Å². The van der Waals surface area contributed by atoms with Crippen LogP contribution in [0, 0.1) is 0 Å². The minimum atomic E-state index is 0.504. The zero-order chi connectivity index (χ0) is 11.0. The van der Waals surface area contributed by atoms with Gasteiger partial charge in [0.25, 0.3) is 0 Å². The Kier molecular flexibility index (Phi) is 2.04. The fourth-order valence-electron chi connectivity index (χ4n) is 1.47. The number of nitrogen functional groups attached to an aromatic ring is 1. The van der Waals surface area contributed by atoms with Gasteiger partial charge in [0.05, 0.1) is 0 Å². The second-order valence-electron chi connectivity index (χ2n) is 3.32. The highest BCUT2D eigenvalue weighted by Crippen LogP contribution is 2.28. The highest BCUT2D eigenvalue weighted by molar-refractivity contribution is 7.21. The van der Waals surface area contributed by atoms with Crippen LogP contribution in [0.2, 0.25) is 0 Å². The van der Waals surface area contributed by atoms with E-state index in [9.17, 15) is 0 Å². The normalized spacial score (nSPS) is 10.8. The summed E-state index contributed by atoms with van der Waals surface area (Å²) in [6, 6.07) is 7.55. The second-order valence-corrected chi connectivity index (χ2v) is 4.29. The summed E-state index contributed by atoms with van der Waals surface area (Å²) in [5.74, 6) is 0.504. The lowest BCUT2D eigenvalue weighted by molar-refractivity contribution is 1.33. The molecule has 78 valence electrons. The van der Waals surface area contributed by atoms with Gasteiger partial charge in [-0.2, -0.15) is 0 Å². The number of anilines is 1. The largest absolute Gasteiger partial charge is 0.384 e. The van der Waals surface area contributed by atoms with E-state index in [1.807, 2.05) is 24.3 Å². The molecule has 0 amide bonds. The molecule has 3 heterocycles. The number of aromatic nitrogens is 3. The maximum Gasteiger partial charge on any atom is 0.143 e. The highest BCUT2D eigenvalue weighted by atomic mass is 32.1. The lowest BCUT2D eigenvalue weighted by Gasteiger charge is -1.95. The molecule has 3 aromatic rings. The third-order valence-electron chi connectivity index (χ3n) is 2.19. The molecule has 0 spiro atoms. The van der Waals surface area contributed by atoms with Gasteiger partial charge < -0.3 is 5.73 Å². The van der Waals surface area contributed by atoms with E-state index >= 15 is 0 Å². The fourth-order valence-corrected chi connectivity index (χ4v) is 2.38. The molecular weight excluding hydrogens is 220 g/mol. The molecule has 0 saturated heterocycles. The molecule has 0 atom stereocenters. The van der Waals surface area contributed by atoms with Crippen molar-refractivity contribution in [3.63, 3.8) is 0 Å². The van der Waals surface area contributed by atoms with Gasteiger partial charge in [-0.3, -0.25) is 0 Å². The molecule has 0 aliphatic heterocycles. The van der Waals surface area contributed by atoms with Crippen LogP contribution in [0.5, 0.6) is 0 Å². The molecule has 0 aliphatic carbocycles. The average Bonchev–Trinajstić information content (AvgIpc) is 2.72. The monoisotopic (exact) mass is 228 g/mol. The van der Waals surface area contributed by atoms with Gasteiger partial charge >= 0.3 is 0 Å². The average molecular weight is 228 g/mol. The summed E-state index contributed by atoms with van der Waals surface area (Å²) in [6.07, 6.45) is 3.45. The van der Waals surface area contributed by atoms with E-state index in [2.05, 4.69) is 15.0 Å². The summed E-state index contributed by atoms with van der Waals surface area (Å²) in [7, 11) is 0. The van der Waals surface area contributed by atoms with Crippen LogP contribution in [0.15, 0.2) is 36.7 Å². The molecule has 3 rings (SSSR count). The topological polar surface area (TPSA) is 64.7 Å². The van der Waals surface area contributed by atoms with Crippen LogP contribution >= 0.6 is 11.3 Å². The van der Waals surface area contributed by atoms with Crippen LogP contribution in [-0.2, 0) is 0 Å². The van der Waals surface area contributed by atoms with Crippen molar-refractivity contribution >= 4 is 27.5 Å². The second kappa shape index (κ2) is 3.53. The van der Waals surface area contributed by atoms with Crippen LogP contribution in [-0.4, -0.2) is 15.0 Å². The number of hydrogen-bond donors (Lipinski definition) is 1. The highest BCUT2D eigenvalue weighted by Gasteiger charge is 2.06. The summed E-state index contributed by atoms with van der Waals surface area (Å²) in [5, 5.41) is 0.919. The van der Waals surface area contributed by atoms with Crippen LogP contribution in [0.3, 0.4) is 0 Å². The Labute approximate surface area is 95.8 Å². The molecule has 5 heteroatoms. The van der Waals surface area contributed by atoms with E-state index in [0.29, 0.717) is 5.82 Å². The molecular formula is C11H8N4S. The molecule has 0 aromatic carbocycles. The van der Waals surface area contributed by atoms with E-state index in [1.165, 1.54) is 0 Å². The van der Waals surface area contributed by atoms with Gasteiger partial charge in [-0.25, -0.2) is 15.0 Å². The Morgan fingerprint density at radius 1 is 1.12 bits per heavy atom. The maximum absolute atomic E-state index is 5.64. The Hall–Kier alpha value is -2.01. The number of pyridine rings is 2. The Bertz CT molecular complexity index is 614. The number of thiazole rings is 1. The van der Waals surface area contributed by atoms with Gasteiger partial charge in [0.1, 0.15) is 21.2 Å². The van der Waals surface area contributed by atoms with Crippen LogP contribution in [0.25, 0.3) is 20.9 Å². The first-order valence-corrected chi connectivity index (χ1v) is 5.58. The molecule has 3 aromatic heterocycles. The van der Waals surface area contributed by atoms with Crippen molar-refractivity contribution in [3.8, 4) is 10.6 Å². The lowest BCUT2D eigenvalue weighted by atomic mass is 10.3. The first-order valence-electron chi connectivity index (χ1n) is 4.76. The van der Waals surface area contributed by atoms with E-state index in [1.54, 1.807) is 23.7 Å². The van der Waals surface area contributed by atoms with Gasteiger partial charge in [-0.15, -0.1) is 0 Å². The maximum atomic E-state index is 5.64. The number of rotatable bonds is 1. The van der Waals surface area contributed by atoms with Gasteiger partial charge in [0.15, 0.2) is 0 Å². The summed E-state index contributed by atoms with van der Waals surface area (Å²) in [4.78, 5) is 13.7. The van der Waals surface area contributed by atoms with Crippen LogP contribution in [0.4, 0.5) is 5.82 Å². The van der Waals surface area contributed by atoms with Gasteiger partial charge in [-0.1, -0.05) is 11.3 Å². The number of nitrogens with two attached hydrogens (primary N) is 1. The molecule has 0 radical (unpaired) electrons. The number of fused-ring (bicyclic) bond motifs is 1. The first-order chi connectivity index (χ1) is 7.83. The van der Waals surface area contributed by atoms with Crippen molar-refractivity contribution < 1.29 is 0 Å². The molecule has 0 bridgehead atoms. The number of nitrogens with zero attached hydrogens (tertiary/aromatic N) is 3. The first kappa shape index (κ1) is 9.23. The zero-order valence-electron chi connectivity index (χ0n) is 8.29. The molecule has 4 nitrogen and oxygen atoms in total. The van der Waals surface area contributed by atoms with Crippen LogP contribution < -0.4 is 5.73 Å². The molecule has 0 unspecified atom stereocenters. The van der Waals surface area contributed by atoms with E-state index in [0.717, 1.165) is 20.9 Å². The minimum Gasteiger partial charge on any atom is -0.384 e. The molecule has 0 saturated carbocycles. The van der Waals surface area contributed by atoms with Crippen molar-refractivity contribution in [2.75, 3.05) is 5.73 Å². The van der Waals surface area contributed by atoms with Crippen molar-refractivity contribution in [3.05, 3.63) is 36.7 Å². The number of hydrogen-bond acceptors (Lipinski definition) is 5. The molecule has 0 aliphatic rings. The summed E-state index contributed by atoms with van der Waals surface area (Å²) in [6.45, 7) is 0. The SMILES string of the molecule is Nc1cc(-c2nc3cccnc3s2)ccn1. The Morgan fingerprint density at radius 3 is 2.88 bits per heavy atom. The Balaban J connectivity index is 2.19. The molecule has 2 N–H and O–H groups in total. The standard InChI is InChI=1S/C11H8N4S/c12-9-6-7(3-5-13-9)10-15-8-2-1-4-14-11(8)16-10/h1-6H,(H2,12,13). The minimum absolute atomic E-state index is 0.504. The quantitative estimate of drug-likeness (QED) is 0.694. The van der Waals surface area contributed by atoms with Crippen LogP contribution in [0.1, 0.15) is 0 Å². The smallest absolute Gasteiger partial charge is 0.143 e. The van der Waals surface area contributed by atoms with Crippen molar-refractivity contribution in [1.82, 2.24) is 15.0 Å². The predicted octanol–water partition coefficient (Wildman–Crippen LogP) is 2.34. The summed E-state index contributed by atoms with van der Waals surface area (Å²) < 4.78 is 0. The summed E-state index contributed by atoms with van der Waals surface area (Å²) >= 11 is 1.55. The Morgan fingerprint density at radius 2 is 2.06 bits per heavy atom. The van der Waals surface area contributed by atoms with Gasteiger partial charge in [0.2, 0.25) is 0 Å². The van der Waals surface area contributed by atoms with E-state index in [-0.39, 0.29) is 0 Å². The van der Waals surface area contributed by atoms with E-state index in [4.69, 9.17) is 5.73 Å². The van der Waals surface area contributed by atoms with Crippen molar-refractivity contribution in [1.29, 1.82) is 0 Å². The predicted molar refractivity (Wildman–Crippen MR) is 65.1 cm³/mol. The molecule has 0 fully saturated rings. The van der Waals surface area contributed by atoms with E-state index < -0.39 is 0 Å². The summed E-state index contributed by atoms with van der Waals surface area (Å²) in [5.41, 5.74) is 7.54. The van der Waals surface area contributed by atoms with Gasteiger partial charge in [0, 0.05) is 18.0 Å². The fraction of sp³-hybridized carbons (Fsp3) is 0. The molecule has 16 heavy (non-hydrogen) atoms. The zero-order valence-corrected chi connectivity index (χ0v) is 9.11. The van der Waals surface area contributed by atoms with Gasteiger partial charge in [-0.05, 0) is 24.3 Å².